The summed E-state index contributed by atoms with van der Waals surface area (Å²) in [5.41, 5.74) is 4.66. The van der Waals surface area contributed by atoms with Crippen LogP contribution in [0.2, 0.25) is 0 Å². The lowest BCUT2D eigenvalue weighted by atomic mass is 10.0. The van der Waals surface area contributed by atoms with Crippen LogP contribution in [0.3, 0.4) is 0 Å². The molecule has 6 nitrogen and oxygen atoms in total. The van der Waals surface area contributed by atoms with E-state index in [2.05, 4.69) is 15.5 Å². The summed E-state index contributed by atoms with van der Waals surface area (Å²) < 4.78 is 0. The van der Waals surface area contributed by atoms with E-state index in [9.17, 15) is 9.90 Å². The number of amides is 1. The molecule has 0 radical (unpaired) electrons. The summed E-state index contributed by atoms with van der Waals surface area (Å²) in [6.07, 6.45) is 2.38. The third kappa shape index (κ3) is 5.21. The van der Waals surface area contributed by atoms with Crippen LogP contribution in [0.25, 0.3) is 0 Å². The minimum absolute atomic E-state index is 0.0164. The Morgan fingerprint density at radius 3 is 2.58 bits per heavy atom. The zero-order chi connectivity index (χ0) is 21.8. The maximum Gasteiger partial charge on any atom is 0.253 e. The number of hydrogen-bond donors (Lipinski definition) is 3. The van der Waals surface area contributed by atoms with Gasteiger partial charge in [-0.05, 0) is 55.5 Å². The molecule has 1 aliphatic heterocycles. The van der Waals surface area contributed by atoms with Gasteiger partial charge in [-0.3, -0.25) is 9.89 Å². The number of aromatic amines is 1. The van der Waals surface area contributed by atoms with Crippen LogP contribution in [0.15, 0.2) is 60.7 Å². The largest absolute Gasteiger partial charge is 0.387 e. The summed E-state index contributed by atoms with van der Waals surface area (Å²) >= 11 is 0. The van der Waals surface area contributed by atoms with E-state index in [0.717, 1.165) is 36.2 Å². The van der Waals surface area contributed by atoms with Gasteiger partial charge in [0, 0.05) is 30.4 Å². The predicted molar refractivity (Wildman–Crippen MR) is 121 cm³/mol. The average Bonchev–Trinajstić information content (AvgIpc) is 3.42. The van der Waals surface area contributed by atoms with Crippen LogP contribution in [0, 0.1) is 6.92 Å². The van der Waals surface area contributed by atoms with Crippen LogP contribution in [-0.4, -0.2) is 45.2 Å². The Kier molecular flexibility index (Phi) is 6.49. The van der Waals surface area contributed by atoms with Crippen LogP contribution in [0.4, 0.5) is 0 Å². The van der Waals surface area contributed by atoms with Crippen LogP contribution in [0.5, 0.6) is 0 Å². The molecule has 1 aromatic heterocycles. The molecule has 3 aromatic rings. The summed E-state index contributed by atoms with van der Waals surface area (Å²) in [7, 11) is 1.79. The SMILES string of the molecule is Cc1cc(CN(C)C(=O)c2ccc(C[C@@H]3CC[C@H]([C@H](O)c4ccccc4)N3)cc2)n[nH]1. The second-order valence-electron chi connectivity index (χ2n) is 8.51. The van der Waals surface area contributed by atoms with Crippen molar-refractivity contribution in [3.8, 4) is 0 Å². The van der Waals surface area contributed by atoms with Crippen molar-refractivity contribution in [1.82, 2.24) is 20.4 Å². The Morgan fingerprint density at radius 2 is 1.90 bits per heavy atom. The van der Waals surface area contributed by atoms with Crippen LogP contribution in [0.1, 0.15) is 51.8 Å². The molecule has 2 heterocycles. The van der Waals surface area contributed by atoms with E-state index < -0.39 is 6.10 Å². The van der Waals surface area contributed by atoms with Gasteiger partial charge in [0.25, 0.3) is 5.91 Å². The molecule has 0 aliphatic carbocycles. The van der Waals surface area contributed by atoms with E-state index in [0.29, 0.717) is 18.2 Å². The Balaban J connectivity index is 1.31. The van der Waals surface area contributed by atoms with Crippen molar-refractivity contribution < 1.29 is 9.90 Å². The molecule has 6 heteroatoms. The van der Waals surface area contributed by atoms with Gasteiger partial charge in [0.2, 0.25) is 0 Å². The lowest BCUT2D eigenvalue weighted by Gasteiger charge is -2.20. The van der Waals surface area contributed by atoms with Gasteiger partial charge in [0.05, 0.1) is 18.3 Å². The van der Waals surface area contributed by atoms with Crippen molar-refractivity contribution in [2.45, 2.75) is 50.9 Å². The number of benzene rings is 2. The maximum absolute atomic E-state index is 12.7. The number of hydrogen-bond acceptors (Lipinski definition) is 4. The smallest absolute Gasteiger partial charge is 0.253 e. The minimum atomic E-state index is -0.486. The van der Waals surface area contributed by atoms with Gasteiger partial charge in [-0.15, -0.1) is 0 Å². The molecule has 162 valence electrons. The number of rotatable bonds is 7. The molecule has 1 amide bonds. The molecule has 4 rings (SSSR count). The molecule has 0 unspecified atom stereocenters. The minimum Gasteiger partial charge on any atom is -0.387 e. The van der Waals surface area contributed by atoms with Crippen molar-refractivity contribution in [2.75, 3.05) is 7.05 Å². The fourth-order valence-electron chi connectivity index (χ4n) is 4.30. The molecule has 2 aromatic carbocycles. The predicted octanol–water partition coefficient (Wildman–Crippen LogP) is 3.39. The number of carbonyl (C=O) groups excluding carboxylic acids is 1. The third-order valence-corrected chi connectivity index (χ3v) is 5.99. The van der Waals surface area contributed by atoms with E-state index in [4.69, 9.17) is 0 Å². The summed E-state index contributed by atoms with van der Waals surface area (Å²) in [5, 5.41) is 21.3. The Hall–Kier alpha value is -2.96. The Labute approximate surface area is 183 Å². The van der Waals surface area contributed by atoms with E-state index in [1.807, 2.05) is 67.6 Å². The van der Waals surface area contributed by atoms with E-state index in [1.54, 1.807) is 11.9 Å². The van der Waals surface area contributed by atoms with Gasteiger partial charge in [-0.25, -0.2) is 0 Å². The molecule has 0 saturated carbocycles. The standard InChI is InChI=1S/C25H30N4O2/c1-17-14-22(28-27-17)16-29(2)25(31)20-10-8-18(9-11-20)15-21-12-13-23(26-21)24(30)19-6-4-3-5-7-19/h3-11,14,21,23-24,26,30H,12-13,15-16H2,1-2H3,(H,27,28)/t21-,23+,24+/m0/s1. The summed E-state index contributed by atoms with van der Waals surface area (Å²) in [4.78, 5) is 14.4. The zero-order valence-corrected chi connectivity index (χ0v) is 18.1. The first-order valence-electron chi connectivity index (χ1n) is 10.8. The number of H-pyrrole nitrogens is 1. The fraction of sp³-hybridized carbons (Fsp3) is 0.360. The van der Waals surface area contributed by atoms with Gasteiger partial charge in [-0.1, -0.05) is 42.5 Å². The van der Waals surface area contributed by atoms with Crippen molar-refractivity contribution in [2.24, 2.45) is 0 Å². The number of nitrogens with one attached hydrogen (secondary N) is 2. The van der Waals surface area contributed by atoms with Gasteiger partial charge >= 0.3 is 0 Å². The lowest BCUT2D eigenvalue weighted by Crippen LogP contribution is -2.35. The number of aryl methyl sites for hydroxylation is 1. The normalized spacial score (nSPS) is 19.3. The Morgan fingerprint density at radius 1 is 1.16 bits per heavy atom. The second-order valence-corrected chi connectivity index (χ2v) is 8.51. The number of carbonyl (C=O) groups is 1. The van der Waals surface area contributed by atoms with Crippen LogP contribution < -0.4 is 5.32 Å². The van der Waals surface area contributed by atoms with E-state index in [-0.39, 0.29) is 11.9 Å². The van der Waals surface area contributed by atoms with Crippen molar-refractivity contribution >= 4 is 5.91 Å². The first-order chi connectivity index (χ1) is 15.0. The molecule has 1 saturated heterocycles. The fourth-order valence-corrected chi connectivity index (χ4v) is 4.30. The molecule has 1 aliphatic rings. The highest BCUT2D eigenvalue weighted by molar-refractivity contribution is 5.94. The molecule has 3 atom stereocenters. The van der Waals surface area contributed by atoms with E-state index in [1.165, 1.54) is 5.56 Å². The molecule has 1 fully saturated rings. The summed E-state index contributed by atoms with van der Waals surface area (Å²) in [6, 6.07) is 20.0. The van der Waals surface area contributed by atoms with Crippen molar-refractivity contribution in [3.05, 3.63) is 88.7 Å². The highest BCUT2D eigenvalue weighted by atomic mass is 16.3. The topological polar surface area (TPSA) is 81.2 Å². The van der Waals surface area contributed by atoms with Gasteiger partial charge in [-0.2, -0.15) is 5.10 Å². The highest BCUT2D eigenvalue weighted by Crippen LogP contribution is 2.26. The number of nitrogens with zero attached hydrogens (tertiary/aromatic N) is 2. The van der Waals surface area contributed by atoms with Crippen molar-refractivity contribution in [3.63, 3.8) is 0 Å². The zero-order valence-electron chi connectivity index (χ0n) is 18.1. The molecule has 3 N–H and O–H groups in total. The number of aromatic nitrogens is 2. The first-order valence-corrected chi connectivity index (χ1v) is 10.8. The van der Waals surface area contributed by atoms with Crippen LogP contribution >= 0.6 is 0 Å². The van der Waals surface area contributed by atoms with Crippen molar-refractivity contribution in [1.29, 1.82) is 0 Å². The maximum atomic E-state index is 12.7. The average molecular weight is 419 g/mol. The summed E-state index contributed by atoms with van der Waals surface area (Å²) in [5.74, 6) is -0.0164. The molecule has 0 spiro atoms. The second kappa shape index (κ2) is 9.45. The van der Waals surface area contributed by atoms with Crippen LogP contribution in [-0.2, 0) is 13.0 Å². The third-order valence-electron chi connectivity index (χ3n) is 5.99. The number of aliphatic hydroxyl groups is 1. The number of aliphatic hydroxyl groups excluding tert-OH is 1. The molecular weight excluding hydrogens is 388 g/mol. The molecule has 31 heavy (non-hydrogen) atoms. The van der Waals surface area contributed by atoms with Gasteiger partial charge in [0.1, 0.15) is 0 Å². The highest BCUT2D eigenvalue weighted by Gasteiger charge is 2.29. The lowest BCUT2D eigenvalue weighted by molar-refractivity contribution is 0.0783. The quantitative estimate of drug-likeness (QED) is 0.549. The molecule has 0 bridgehead atoms. The van der Waals surface area contributed by atoms with Gasteiger partial charge < -0.3 is 15.3 Å². The Bertz CT molecular complexity index is 1000. The monoisotopic (exact) mass is 418 g/mol. The molecular formula is C25H30N4O2. The summed E-state index contributed by atoms with van der Waals surface area (Å²) in [6.45, 7) is 2.42. The first kappa shape index (κ1) is 21.3. The van der Waals surface area contributed by atoms with Gasteiger partial charge in [0.15, 0.2) is 0 Å². The van der Waals surface area contributed by atoms with E-state index >= 15 is 0 Å².